The van der Waals surface area contributed by atoms with Crippen molar-refractivity contribution in [1.82, 2.24) is 0 Å². The van der Waals surface area contributed by atoms with Crippen LogP contribution >= 0.6 is 0 Å². The first-order valence-electron chi connectivity index (χ1n) is 6.86. The van der Waals surface area contributed by atoms with Gasteiger partial charge in [-0.1, -0.05) is 26.0 Å². The lowest BCUT2D eigenvalue weighted by molar-refractivity contribution is -0.137. The average molecular weight is 306 g/mol. The van der Waals surface area contributed by atoms with Crippen LogP contribution in [0.15, 0.2) is 24.3 Å². The molecule has 0 amide bonds. The van der Waals surface area contributed by atoms with Crippen molar-refractivity contribution in [3.05, 3.63) is 35.4 Å². The molecule has 20 heavy (non-hydrogen) atoms. The third-order valence-electron chi connectivity index (χ3n) is 2.70. The summed E-state index contributed by atoms with van der Waals surface area (Å²) < 4.78 is 48.8. The van der Waals surface area contributed by atoms with E-state index in [-0.39, 0.29) is 0 Å². The average Bonchev–Trinajstić information content (AvgIpc) is 2.41. The fourth-order valence-corrected chi connectivity index (χ4v) is 3.67. The van der Waals surface area contributed by atoms with Gasteiger partial charge in [-0.2, -0.15) is 13.2 Å². The van der Waals surface area contributed by atoms with Gasteiger partial charge in [-0.25, -0.2) is 0 Å². The highest BCUT2D eigenvalue weighted by molar-refractivity contribution is 6.43. The Labute approximate surface area is 119 Å². The number of benzene rings is 1. The van der Waals surface area contributed by atoms with Crippen LogP contribution in [-0.2, 0) is 21.1 Å². The van der Waals surface area contributed by atoms with Gasteiger partial charge in [-0.15, -0.1) is 0 Å². The third-order valence-corrected chi connectivity index (χ3v) is 4.72. The maximum Gasteiger partial charge on any atom is 0.416 e. The molecule has 2 nitrogen and oxygen atoms in total. The molecule has 114 valence electrons. The normalized spacial score (nSPS) is 12.1. The summed E-state index contributed by atoms with van der Waals surface area (Å²) in [5.41, 5.74) is 0.213. The maximum absolute atomic E-state index is 12.5. The molecule has 0 fully saturated rings. The lowest BCUT2D eigenvalue weighted by Gasteiger charge is -2.16. The van der Waals surface area contributed by atoms with Crippen LogP contribution in [0.4, 0.5) is 13.2 Å². The Balaban J connectivity index is 2.62. The van der Waals surface area contributed by atoms with Crippen LogP contribution in [0.5, 0.6) is 0 Å². The van der Waals surface area contributed by atoms with Gasteiger partial charge in [0.05, 0.1) is 5.56 Å². The highest BCUT2D eigenvalue weighted by Crippen LogP contribution is 2.29. The van der Waals surface area contributed by atoms with Crippen LogP contribution in [0, 0.1) is 0 Å². The smallest absolute Gasteiger partial charge is 0.396 e. The Morgan fingerprint density at radius 2 is 1.45 bits per heavy atom. The summed E-state index contributed by atoms with van der Waals surface area (Å²) in [5, 5.41) is 0. The molecule has 0 aliphatic carbocycles. The van der Waals surface area contributed by atoms with Gasteiger partial charge in [0.15, 0.2) is 0 Å². The number of hydrogen-bond acceptors (Lipinski definition) is 2. The van der Waals surface area contributed by atoms with Crippen molar-refractivity contribution in [3.63, 3.8) is 0 Å². The molecular formula is C14H21F3O2Si. The van der Waals surface area contributed by atoms with Crippen molar-refractivity contribution >= 4 is 9.28 Å². The van der Waals surface area contributed by atoms with Crippen molar-refractivity contribution < 1.29 is 22.0 Å². The van der Waals surface area contributed by atoms with Crippen LogP contribution < -0.4 is 0 Å². The maximum atomic E-state index is 12.5. The van der Waals surface area contributed by atoms with E-state index in [1.807, 2.05) is 13.8 Å². The Morgan fingerprint density at radius 1 is 0.950 bits per heavy atom. The fourth-order valence-electron chi connectivity index (χ4n) is 1.69. The SMILES string of the molecule is CCCO[SiH](Cc1ccc(C(F)(F)F)cc1)OCCC. The van der Waals surface area contributed by atoms with Gasteiger partial charge >= 0.3 is 15.5 Å². The molecule has 0 unspecified atom stereocenters. The van der Waals surface area contributed by atoms with Crippen molar-refractivity contribution in [3.8, 4) is 0 Å². The van der Waals surface area contributed by atoms with E-state index in [9.17, 15) is 13.2 Å². The van der Waals surface area contributed by atoms with Crippen molar-refractivity contribution in [1.29, 1.82) is 0 Å². The number of hydrogen-bond donors (Lipinski definition) is 0. The molecule has 0 radical (unpaired) electrons. The van der Waals surface area contributed by atoms with Crippen LogP contribution in [0.3, 0.4) is 0 Å². The van der Waals surface area contributed by atoms with Gasteiger partial charge in [0, 0.05) is 19.3 Å². The fraction of sp³-hybridized carbons (Fsp3) is 0.571. The van der Waals surface area contributed by atoms with E-state index >= 15 is 0 Å². The van der Waals surface area contributed by atoms with Gasteiger partial charge in [0.25, 0.3) is 0 Å². The third kappa shape index (κ3) is 6.07. The van der Waals surface area contributed by atoms with Gasteiger partial charge in [0.2, 0.25) is 0 Å². The van der Waals surface area contributed by atoms with Gasteiger partial charge in [-0.05, 0) is 30.5 Å². The zero-order valence-corrected chi connectivity index (χ0v) is 13.0. The molecule has 0 aliphatic rings. The zero-order valence-electron chi connectivity index (χ0n) is 11.9. The Bertz CT molecular complexity index is 371. The molecule has 0 N–H and O–H groups in total. The summed E-state index contributed by atoms with van der Waals surface area (Å²) in [6, 6.07) is 5.83. The van der Waals surface area contributed by atoms with E-state index in [0.717, 1.165) is 30.5 Å². The molecular weight excluding hydrogens is 285 g/mol. The highest BCUT2D eigenvalue weighted by Gasteiger charge is 2.30. The second-order valence-electron chi connectivity index (χ2n) is 4.57. The second kappa shape index (κ2) is 8.44. The van der Waals surface area contributed by atoms with Gasteiger partial charge in [-0.3, -0.25) is 0 Å². The minimum atomic E-state index is -4.28. The monoisotopic (exact) mass is 306 g/mol. The lowest BCUT2D eigenvalue weighted by Crippen LogP contribution is -2.27. The molecule has 0 atom stereocenters. The summed E-state index contributed by atoms with van der Waals surface area (Å²) in [5.74, 6) is 0. The summed E-state index contributed by atoms with van der Waals surface area (Å²) in [4.78, 5) is 0. The quantitative estimate of drug-likeness (QED) is 0.679. The van der Waals surface area contributed by atoms with E-state index in [2.05, 4.69) is 0 Å². The molecule has 1 aromatic carbocycles. The first-order chi connectivity index (χ1) is 9.47. The van der Waals surface area contributed by atoms with Crippen LogP contribution in [0.25, 0.3) is 0 Å². The molecule has 0 aromatic heterocycles. The molecule has 1 rings (SSSR count). The van der Waals surface area contributed by atoms with E-state index in [1.165, 1.54) is 12.1 Å². The van der Waals surface area contributed by atoms with Gasteiger partial charge < -0.3 is 8.85 Å². The minimum absolute atomic E-state index is 0.595. The highest BCUT2D eigenvalue weighted by atomic mass is 28.3. The van der Waals surface area contributed by atoms with Crippen LogP contribution in [0.2, 0.25) is 0 Å². The number of rotatable bonds is 8. The van der Waals surface area contributed by atoms with E-state index < -0.39 is 21.0 Å². The topological polar surface area (TPSA) is 18.5 Å². The van der Waals surface area contributed by atoms with E-state index in [1.54, 1.807) is 0 Å². The first kappa shape index (κ1) is 17.2. The zero-order chi connectivity index (χ0) is 15.0. The summed E-state index contributed by atoms with van der Waals surface area (Å²) in [7, 11) is -1.83. The first-order valence-corrected chi connectivity index (χ1v) is 8.62. The van der Waals surface area contributed by atoms with Gasteiger partial charge in [0.1, 0.15) is 0 Å². The number of alkyl halides is 3. The molecule has 0 saturated carbocycles. The standard InChI is InChI=1S/C14H21F3O2Si/c1-3-9-18-20(19-10-4-2)11-12-5-7-13(8-6-12)14(15,16)17/h5-8,20H,3-4,9-11H2,1-2H3. The largest absolute Gasteiger partial charge is 0.416 e. The predicted octanol–water partition coefficient (Wildman–Crippen LogP) is 3.86. The van der Waals surface area contributed by atoms with Crippen molar-refractivity contribution in [2.24, 2.45) is 0 Å². The molecule has 0 heterocycles. The second-order valence-corrected chi connectivity index (χ2v) is 6.50. The minimum Gasteiger partial charge on any atom is -0.396 e. The molecule has 6 heteroatoms. The predicted molar refractivity (Wildman–Crippen MR) is 74.8 cm³/mol. The van der Waals surface area contributed by atoms with Crippen molar-refractivity contribution in [2.75, 3.05) is 13.2 Å². The molecule has 0 aliphatic heterocycles. The summed E-state index contributed by atoms with van der Waals surface area (Å²) in [6.45, 7) is 5.31. The van der Waals surface area contributed by atoms with Crippen LogP contribution in [0.1, 0.15) is 37.8 Å². The molecule has 0 saturated heterocycles. The molecule has 0 spiro atoms. The summed E-state index contributed by atoms with van der Waals surface area (Å²) in [6.07, 6.45) is -2.47. The Hall–Kier alpha value is -0.853. The molecule has 0 bridgehead atoms. The summed E-state index contributed by atoms with van der Waals surface area (Å²) >= 11 is 0. The lowest BCUT2D eigenvalue weighted by atomic mass is 10.1. The Morgan fingerprint density at radius 3 is 1.85 bits per heavy atom. The van der Waals surface area contributed by atoms with E-state index in [0.29, 0.717) is 19.3 Å². The van der Waals surface area contributed by atoms with E-state index in [4.69, 9.17) is 8.85 Å². The Kier molecular flexibility index (Phi) is 7.26. The number of halogens is 3. The molecule has 1 aromatic rings. The van der Waals surface area contributed by atoms with Crippen LogP contribution in [-0.4, -0.2) is 22.5 Å². The van der Waals surface area contributed by atoms with Crippen molar-refractivity contribution in [2.45, 2.75) is 38.9 Å².